The molecule has 0 spiro atoms. The Morgan fingerprint density at radius 1 is 1.19 bits per heavy atom. The minimum absolute atomic E-state index is 0.138. The zero-order valence-corrected chi connectivity index (χ0v) is 11.5. The number of amides is 1. The third kappa shape index (κ3) is 2.64. The van der Waals surface area contributed by atoms with E-state index in [1.54, 1.807) is 6.20 Å². The summed E-state index contributed by atoms with van der Waals surface area (Å²) in [7, 11) is 0. The first-order valence-electron chi connectivity index (χ1n) is 6.81. The minimum atomic E-state index is -0.138. The third-order valence-electron chi connectivity index (χ3n) is 3.40. The van der Waals surface area contributed by atoms with E-state index in [1.807, 2.05) is 42.5 Å². The summed E-state index contributed by atoms with van der Waals surface area (Å²) in [6.07, 6.45) is 2.41. The molecule has 0 radical (unpaired) electrons. The van der Waals surface area contributed by atoms with Crippen molar-refractivity contribution >= 4 is 22.5 Å². The van der Waals surface area contributed by atoms with Crippen LogP contribution < -0.4 is 11.1 Å². The predicted molar refractivity (Wildman–Crippen MR) is 83.2 cm³/mol. The van der Waals surface area contributed by atoms with Crippen molar-refractivity contribution in [2.45, 2.75) is 6.42 Å². The van der Waals surface area contributed by atoms with Crippen molar-refractivity contribution in [3.8, 4) is 0 Å². The van der Waals surface area contributed by atoms with Gasteiger partial charge in [0, 0.05) is 10.9 Å². The quantitative estimate of drug-likeness (QED) is 0.685. The van der Waals surface area contributed by atoms with E-state index in [0.29, 0.717) is 18.5 Å². The number of hydrogen-bond donors (Lipinski definition) is 3. The molecule has 0 aliphatic carbocycles. The van der Waals surface area contributed by atoms with Crippen molar-refractivity contribution in [3.05, 3.63) is 59.8 Å². The van der Waals surface area contributed by atoms with Crippen LogP contribution >= 0.6 is 0 Å². The average molecular weight is 280 g/mol. The lowest BCUT2D eigenvalue weighted by atomic mass is 10.0. The fraction of sp³-hybridized carbons (Fsp3) is 0.125. The number of rotatable bonds is 4. The van der Waals surface area contributed by atoms with Gasteiger partial charge >= 0.3 is 0 Å². The molecule has 3 rings (SSSR count). The smallest absolute Gasteiger partial charge is 0.255 e. The van der Waals surface area contributed by atoms with Gasteiger partial charge in [0.2, 0.25) is 0 Å². The van der Waals surface area contributed by atoms with E-state index in [-0.39, 0.29) is 5.91 Å². The van der Waals surface area contributed by atoms with Crippen molar-refractivity contribution in [1.82, 2.24) is 10.2 Å². The summed E-state index contributed by atoms with van der Waals surface area (Å²) in [5, 5.41) is 10.8. The van der Waals surface area contributed by atoms with E-state index < -0.39 is 0 Å². The van der Waals surface area contributed by atoms with Crippen molar-refractivity contribution < 1.29 is 4.79 Å². The van der Waals surface area contributed by atoms with Crippen LogP contribution in [0.15, 0.2) is 48.7 Å². The molecule has 2 aromatic carbocycles. The lowest BCUT2D eigenvalue weighted by molar-refractivity contribution is 0.102. The number of para-hydroxylation sites is 1. The highest BCUT2D eigenvalue weighted by Crippen LogP contribution is 2.21. The highest BCUT2D eigenvalue weighted by molar-refractivity contribution is 6.09. The highest BCUT2D eigenvalue weighted by atomic mass is 16.1. The van der Waals surface area contributed by atoms with Gasteiger partial charge < -0.3 is 11.1 Å². The normalized spacial score (nSPS) is 10.7. The standard InChI is InChI=1S/C16H16N4O/c17-9-8-11-4-1-2-6-13(11)16(21)19-14-7-3-5-12-10-18-20-15(12)14/h1-7,10H,8-9,17H2,(H,18,20)(H,19,21). The fourth-order valence-electron chi connectivity index (χ4n) is 2.38. The molecule has 0 atom stereocenters. The molecule has 1 amide bonds. The summed E-state index contributed by atoms with van der Waals surface area (Å²) in [5.74, 6) is -0.138. The highest BCUT2D eigenvalue weighted by Gasteiger charge is 2.12. The molecule has 4 N–H and O–H groups in total. The number of H-pyrrole nitrogens is 1. The molecular weight excluding hydrogens is 264 g/mol. The van der Waals surface area contributed by atoms with Crippen LogP contribution in [0.5, 0.6) is 0 Å². The molecule has 0 aliphatic heterocycles. The number of nitrogens with two attached hydrogens (primary N) is 1. The van der Waals surface area contributed by atoms with Crippen LogP contribution in [0, 0.1) is 0 Å². The molecule has 0 saturated carbocycles. The maximum atomic E-state index is 12.5. The summed E-state index contributed by atoms with van der Waals surface area (Å²) in [4.78, 5) is 12.5. The Balaban J connectivity index is 1.92. The van der Waals surface area contributed by atoms with Gasteiger partial charge in [-0.1, -0.05) is 30.3 Å². The van der Waals surface area contributed by atoms with Crippen LogP contribution in [0.2, 0.25) is 0 Å². The number of nitrogens with one attached hydrogen (secondary N) is 2. The Hall–Kier alpha value is -2.66. The first-order chi connectivity index (χ1) is 10.3. The third-order valence-corrected chi connectivity index (χ3v) is 3.40. The molecule has 3 aromatic rings. The Bertz CT molecular complexity index is 779. The number of aromatic nitrogens is 2. The number of aromatic amines is 1. The maximum absolute atomic E-state index is 12.5. The van der Waals surface area contributed by atoms with Crippen molar-refractivity contribution in [2.24, 2.45) is 5.73 Å². The summed E-state index contributed by atoms with van der Waals surface area (Å²) in [6, 6.07) is 13.2. The molecule has 1 aromatic heterocycles. The van der Waals surface area contributed by atoms with Crippen LogP contribution in [-0.4, -0.2) is 22.6 Å². The van der Waals surface area contributed by atoms with Crippen molar-refractivity contribution in [2.75, 3.05) is 11.9 Å². The van der Waals surface area contributed by atoms with Crippen LogP contribution in [0.3, 0.4) is 0 Å². The second-order valence-electron chi connectivity index (χ2n) is 4.79. The van der Waals surface area contributed by atoms with E-state index in [1.165, 1.54) is 0 Å². The number of nitrogens with zero attached hydrogens (tertiary/aromatic N) is 1. The average Bonchev–Trinajstić information content (AvgIpc) is 2.98. The zero-order chi connectivity index (χ0) is 14.7. The summed E-state index contributed by atoms with van der Waals surface area (Å²) < 4.78 is 0. The molecule has 5 nitrogen and oxygen atoms in total. The Labute approximate surface area is 122 Å². The van der Waals surface area contributed by atoms with Gasteiger partial charge in [-0.2, -0.15) is 5.10 Å². The number of carbonyl (C=O) groups is 1. The second kappa shape index (κ2) is 5.76. The van der Waals surface area contributed by atoms with Gasteiger partial charge in [0.05, 0.1) is 17.4 Å². The SMILES string of the molecule is NCCc1ccccc1C(=O)Nc1cccc2cn[nH]c12. The number of fused-ring (bicyclic) bond motifs is 1. The summed E-state index contributed by atoms with van der Waals surface area (Å²) in [6.45, 7) is 0.514. The monoisotopic (exact) mass is 280 g/mol. The maximum Gasteiger partial charge on any atom is 0.255 e. The van der Waals surface area contributed by atoms with E-state index >= 15 is 0 Å². The van der Waals surface area contributed by atoms with E-state index in [4.69, 9.17) is 5.73 Å². The van der Waals surface area contributed by atoms with Gasteiger partial charge in [0.25, 0.3) is 5.91 Å². The molecule has 0 saturated heterocycles. The fourth-order valence-corrected chi connectivity index (χ4v) is 2.38. The van der Waals surface area contributed by atoms with Gasteiger partial charge in [0.1, 0.15) is 0 Å². The van der Waals surface area contributed by atoms with Crippen LogP contribution in [0.25, 0.3) is 10.9 Å². The second-order valence-corrected chi connectivity index (χ2v) is 4.79. The Morgan fingerprint density at radius 2 is 2.05 bits per heavy atom. The first-order valence-corrected chi connectivity index (χ1v) is 6.81. The molecule has 0 unspecified atom stereocenters. The zero-order valence-electron chi connectivity index (χ0n) is 11.5. The summed E-state index contributed by atoms with van der Waals surface area (Å²) >= 11 is 0. The van der Waals surface area contributed by atoms with Gasteiger partial charge in [-0.3, -0.25) is 9.89 Å². The minimum Gasteiger partial charge on any atom is -0.330 e. The molecule has 5 heteroatoms. The molecule has 21 heavy (non-hydrogen) atoms. The number of carbonyl (C=O) groups excluding carboxylic acids is 1. The van der Waals surface area contributed by atoms with Crippen LogP contribution in [0.4, 0.5) is 5.69 Å². The van der Waals surface area contributed by atoms with Crippen LogP contribution in [0.1, 0.15) is 15.9 Å². The van der Waals surface area contributed by atoms with E-state index in [0.717, 1.165) is 22.2 Å². The van der Waals surface area contributed by atoms with E-state index in [2.05, 4.69) is 15.5 Å². The predicted octanol–water partition coefficient (Wildman–Crippen LogP) is 2.32. The van der Waals surface area contributed by atoms with Crippen molar-refractivity contribution in [1.29, 1.82) is 0 Å². The molecule has 0 fully saturated rings. The molecule has 0 bridgehead atoms. The summed E-state index contributed by atoms with van der Waals surface area (Å²) in [5.41, 5.74) is 8.74. The topological polar surface area (TPSA) is 83.8 Å². The van der Waals surface area contributed by atoms with E-state index in [9.17, 15) is 4.79 Å². The van der Waals surface area contributed by atoms with Crippen molar-refractivity contribution in [3.63, 3.8) is 0 Å². The number of anilines is 1. The molecule has 106 valence electrons. The largest absolute Gasteiger partial charge is 0.330 e. The van der Waals surface area contributed by atoms with Gasteiger partial charge in [-0.15, -0.1) is 0 Å². The number of hydrogen-bond acceptors (Lipinski definition) is 3. The first kappa shape index (κ1) is 13.3. The van der Waals surface area contributed by atoms with Crippen LogP contribution in [-0.2, 0) is 6.42 Å². The molecule has 0 aliphatic rings. The lowest BCUT2D eigenvalue weighted by Gasteiger charge is -2.10. The Morgan fingerprint density at radius 3 is 2.90 bits per heavy atom. The molecular formula is C16H16N4O. The van der Waals surface area contributed by atoms with Gasteiger partial charge in [-0.05, 0) is 30.7 Å². The Kier molecular flexibility index (Phi) is 3.66. The molecule has 1 heterocycles. The number of benzene rings is 2. The lowest BCUT2D eigenvalue weighted by Crippen LogP contribution is -2.16. The van der Waals surface area contributed by atoms with Gasteiger partial charge in [-0.25, -0.2) is 0 Å². The van der Waals surface area contributed by atoms with Gasteiger partial charge in [0.15, 0.2) is 0 Å².